The average Bonchev–Trinajstić information content (AvgIpc) is 2.48. The van der Waals surface area contributed by atoms with Gasteiger partial charge in [0.15, 0.2) is 0 Å². The maximum atomic E-state index is 13.2. The zero-order valence-corrected chi connectivity index (χ0v) is 13.8. The summed E-state index contributed by atoms with van der Waals surface area (Å²) < 4.78 is 13.2. The van der Waals surface area contributed by atoms with E-state index in [1.165, 1.54) is 16.5 Å². The number of hydrogen-bond acceptors (Lipinski definition) is 2. The van der Waals surface area contributed by atoms with E-state index in [0.29, 0.717) is 6.04 Å². The van der Waals surface area contributed by atoms with Crippen molar-refractivity contribution < 1.29 is 4.39 Å². The number of thioether (sulfide) groups is 1. The summed E-state index contributed by atoms with van der Waals surface area (Å²) in [6, 6.07) is 13.6. The van der Waals surface area contributed by atoms with E-state index in [0.717, 1.165) is 17.7 Å². The van der Waals surface area contributed by atoms with Crippen LogP contribution in [0.15, 0.2) is 47.4 Å². The van der Waals surface area contributed by atoms with Crippen LogP contribution in [0.4, 0.5) is 4.39 Å². The van der Waals surface area contributed by atoms with Crippen LogP contribution in [0, 0.1) is 12.7 Å². The summed E-state index contributed by atoms with van der Waals surface area (Å²) in [6.07, 6.45) is 0.829. The monoisotopic (exact) mass is 323 g/mol. The van der Waals surface area contributed by atoms with Gasteiger partial charge >= 0.3 is 0 Å². The Hall–Kier alpha value is -1.03. The van der Waals surface area contributed by atoms with Gasteiger partial charge in [-0.25, -0.2) is 4.39 Å². The summed E-state index contributed by atoms with van der Waals surface area (Å²) in [5.74, 6) is 0.590. The van der Waals surface area contributed by atoms with Gasteiger partial charge in [-0.1, -0.05) is 35.9 Å². The summed E-state index contributed by atoms with van der Waals surface area (Å²) in [5.41, 5.74) is 2.34. The van der Waals surface area contributed by atoms with Gasteiger partial charge in [0.25, 0.3) is 0 Å². The second kappa shape index (κ2) is 7.83. The summed E-state index contributed by atoms with van der Waals surface area (Å²) in [7, 11) is 1.95. The van der Waals surface area contributed by atoms with Crippen molar-refractivity contribution in [2.75, 3.05) is 12.8 Å². The summed E-state index contributed by atoms with van der Waals surface area (Å²) in [6.45, 7) is 2.12. The van der Waals surface area contributed by atoms with Crippen LogP contribution in [-0.4, -0.2) is 18.8 Å². The molecule has 2 aromatic rings. The molecule has 0 amide bonds. The molecule has 1 atom stereocenters. The van der Waals surface area contributed by atoms with Gasteiger partial charge in [-0.3, -0.25) is 0 Å². The number of nitrogens with one attached hydrogen (secondary N) is 1. The summed E-state index contributed by atoms with van der Waals surface area (Å²) in [5, 5.41) is 3.51. The molecule has 0 aliphatic rings. The maximum Gasteiger partial charge on any atom is 0.141 e. The van der Waals surface area contributed by atoms with Crippen LogP contribution >= 0.6 is 23.4 Å². The normalized spacial score (nSPS) is 12.4. The van der Waals surface area contributed by atoms with Crippen molar-refractivity contribution in [2.45, 2.75) is 24.3 Å². The third-order valence-corrected chi connectivity index (χ3v) is 5.04. The Kier molecular flexibility index (Phi) is 6.09. The van der Waals surface area contributed by atoms with E-state index in [1.807, 2.05) is 18.8 Å². The lowest BCUT2D eigenvalue weighted by atomic mass is 10.1. The van der Waals surface area contributed by atoms with Crippen LogP contribution in [0.1, 0.15) is 11.1 Å². The molecule has 0 spiro atoms. The predicted molar refractivity (Wildman–Crippen MR) is 89.9 cm³/mol. The standard InChI is InChI=1S/C17H19ClFNS/c1-12-5-3-4-6-17(12)21-11-14(20-2)9-13-7-8-16(19)15(18)10-13/h3-8,10,14,20H,9,11H2,1-2H3. The largest absolute Gasteiger partial charge is 0.316 e. The van der Waals surface area contributed by atoms with Crippen LogP contribution in [0.25, 0.3) is 0 Å². The Bertz CT molecular complexity index is 603. The number of hydrogen-bond donors (Lipinski definition) is 1. The number of rotatable bonds is 6. The van der Waals surface area contributed by atoms with Gasteiger partial charge in [0.2, 0.25) is 0 Å². The molecule has 21 heavy (non-hydrogen) atoms. The molecule has 0 aliphatic heterocycles. The smallest absolute Gasteiger partial charge is 0.141 e. The minimum Gasteiger partial charge on any atom is -0.316 e. The Morgan fingerprint density at radius 1 is 1.24 bits per heavy atom. The number of likely N-dealkylation sites (N-methyl/N-ethyl adjacent to an activating group) is 1. The Morgan fingerprint density at radius 2 is 2.00 bits per heavy atom. The molecule has 0 fully saturated rings. The topological polar surface area (TPSA) is 12.0 Å². The van der Waals surface area contributed by atoms with Gasteiger partial charge in [0, 0.05) is 16.7 Å². The van der Waals surface area contributed by atoms with Crippen molar-refractivity contribution in [1.82, 2.24) is 5.32 Å². The van der Waals surface area contributed by atoms with Crippen molar-refractivity contribution in [2.24, 2.45) is 0 Å². The van der Waals surface area contributed by atoms with E-state index in [-0.39, 0.29) is 10.8 Å². The first-order chi connectivity index (χ1) is 10.1. The van der Waals surface area contributed by atoms with E-state index in [2.05, 4.69) is 36.5 Å². The van der Waals surface area contributed by atoms with E-state index in [1.54, 1.807) is 12.1 Å². The molecule has 0 aliphatic carbocycles. The first-order valence-electron chi connectivity index (χ1n) is 6.89. The first kappa shape index (κ1) is 16.3. The molecule has 112 valence electrons. The van der Waals surface area contributed by atoms with Crippen LogP contribution < -0.4 is 5.32 Å². The second-order valence-electron chi connectivity index (χ2n) is 5.01. The van der Waals surface area contributed by atoms with Gasteiger partial charge < -0.3 is 5.32 Å². The van der Waals surface area contributed by atoms with E-state index >= 15 is 0 Å². The molecular weight excluding hydrogens is 305 g/mol. The van der Waals surface area contributed by atoms with Crippen LogP contribution in [0.5, 0.6) is 0 Å². The molecule has 0 saturated carbocycles. The van der Waals surface area contributed by atoms with Crippen molar-refractivity contribution in [3.8, 4) is 0 Å². The lowest BCUT2D eigenvalue weighted by molar-refractivity contribution is 0.610. The summed E-state index contributed by atoms with van der Waals surface area (Å²) in [4.78, 5) is 1.30. The molecule has 0 radical (unpaired) electrons. The van der Waals surface area contributed by atoms with Crippen molar-refractivity contribution >= 4 is 23.4 Å². The van der Waals surface area contributed by atoms with Gasteiger partial charge in [-0.2, -0.15) is 0 Å². The predicted octanol–water partition coefficient (Wildman–Crippen LogP) is 4.71. The number of halogens is 2. The SMILES string of the molecule is CNC(CSc1ccccc1C)Cc1ccc(F)c(Cl)c1. The van der Waals surface area contributed by atoms with Crippen molar-refractivity contribution in [1.29, 1.82) is 0 Å². The van der Waals surface area contributed by atoms with Crippen LogP contribution in [0.3, 0.4) is 0 Å². The fourth-order valence-corrected chi connectivity index (χ4v) is 3.44. The second-order valence-corrected chi connectivity index (χ2v) is 6.48. The minimum atomic E-state index is -0.365. The highest BCUT2D eigenvalue weighted by molar-refractivity contribution is 7.99. The highest BCUT2D eigenvalue weighted by Gasteiger charge is 2.10. The zero-order chi connectivity index (χ0) is 15.2. The fourth-order valence-electron chi connectivity index (χ4n) is 2.10. The molecule has 0 heterocycles. The molecule has 2 rings (SSSR count). The number of benzene rings is 2. The molecular formula is C17H19ClFNS. The lowest BCUT2D eigenvalue weighted by Crippen LogP contribution is -2.30. The lowest BCUT2D eigenvalue weighted by Gasteiger charge is -2.17. The highest BCUT2D eigenvalue weighted by atomic mass is 35.5. The molecule has 0 saturated heterocycles. The molecule has 1 unspecified atom stereocenters. The summed E-state index contributed by atoms with van der Waals surface area (Å²) >= 11 is 7.67. The molecule has 1 N–H and O–H groups in total. The molecule has 0 aromatic heterocycles. The molecule has 4 heteroatoms. The Labute approximate surface area is 134 Å². The average molecular weight is 324 g/mol. The van der Waals surface area contributed by atoms with Gasteiger partial charge in [0.1, 0.15) is 5.82 Å². The Morgan fingerprint density at radius 3 is 2.67 bits per heavy atom. The first-order valence-corrected chi connectivity index (χ1v) is 8.26. The quantitative estimate of drug-likeness (QED) is 0.773. The Balaban J connectivity index is 1.97. The third-order valence-electron chi connectivity index (χ3n) is 3.41. The maximum absolute atomic E-state index is 13.2. The van der Waals surface area contributed by atoms with Crippen LogP contribution in [-0.2, 0) is 6.42 Å². The minimum absolute atomic E-state index is 0.189. The molecule has 2 aromatic carbocycles. The van der Waals surface area contributed by atoms with E-state index < -0.39 is 0 Å². The highest BCUT2D eigenvalue weighted by Crippen LogP contribution is 2.24. The van der Waals surface area contributed by atoms with Gasteiger partial charge in [0.05, 0.1) is 5.02 Å². The van der Waals surface area contributed by atoms with Gasteiger partial charge in [-0.05, 0) is 49.7 Å². The van der Waals surface area contributed by atoms with E-state index in [9.17, 15) is 4.39 Å². The third kappa shape index (κ3) is 4.73. The van der Waals surface area contributed by atoms with Crippen molar-refractivity contribution in [3.05, 3.63) is 64.4 Å². The molecule has 0 bridgehead atoms. The van der Waals surface area contributed by atoms with Gasteiger partial charge in [-0.15, -0.1) is 11.8 Å². The fraction of sp³-hybridized carbons (Fsp3) is 0.294. The molecule has 1 nitrogen and oxygen atoms in total. The van der Waals surface area contributed by atoms with E-state index in [4.69, 9.17) is 11.6 Å². The zero-order valence-electron chi connectivity index (χ0n) is 12.2. The van der Waals surface area contributed by atoms with Crippen molar-refractivity contribution in [3.63, 3.8) is 0 Å². The number of aryl methyl sites for hydroxylation is 1. The van der Waals surface area contributed by atoms with Crippen LogP contribution in [0.2, 0.25) is 5.02 Å².